The summed E-state index contributed by atoms with van der Waals surface area (Å²) in [5, 5.41) is 22.0. The van der Waals surface area contributed by atoms with Crippen molar-refractivity contribution in [1.82, 2.24) is 0 Å². The van der Waals surface area contributed by atoms with Crippen LogP contribution in [-0.2, 0) is 6.54 Å². The Morgan fingerprint density at radius 3 is 2.45 bits per heavy atom. The predicted molar refractivity (Wildman–Crippen MR) is 79.7 cm³/mol. The van der Waals surface area contributed by atoms with Gasteiger partial charge in [-0.05, 0) is 35.9 Å². The Hall–Kier alpha value is -2.20. The number of halogens is 2. The minimum Gasteiger partial charge on any atom is -0.380 e. The SMILES string of the molecule is N#Cc1ccc(CNc2cc(Cl)ccc2C#N)c(Cl)c1. The van der Waals surface area contributed by atoms with Crippen molar-refractivity contribution in [2.45, 2.75) is 6.54 Å². The average molecular weight is 302 g/mol. The topological polar surface area (TPSA) is 59.6 Å². The second-order valence-electron chi connectivity index (χ2n) is 4.07. The van der Waals surface area contributed by atoms with Crippen LogP contribution in [0, 0.1) is 22.7 Å². The highest BCUT2D eigenvalue weighted by Gasteiger charge is 2.05. The summed E-state index contributed by atoms with van der Waals surface area (Å²) < 4.78 is 0. The summed E-state index contributed by atoms with van der Waals surface area (Å²) in [6.07, 6.45) is 0. The van der Waals surface area contributed by atoms with Crippen LogP contribution in [0.25, 0.3) is 0 Å². The Kier molecular flexibility index (Phi) is 4.48. The number of hydrogen-bond acceptors (Lipinski definition) is 3. The summed E-state index contributed by atoms with van der Waals surface area (Å²) in [4.78, 5) is 0. The molecule has 0 spiro atoms. The van der Waals surface area contributed by atoms with Gasteiger partial charge in [-0.3, -0.25) is 0 Å². The number of rotatable bonds is 3. The number of nitrogens with one attached hydrogen (secondary N) is 1. The molecule has 0 aliphatic rings. The molecule has 2 aromatic carbocycles. The summed E-state index contributed by atoms with van der Waals surface area (Å²) in [6, 6.07) is 14.2. The molecule has 0 radical (unpaired) electrons. The lowest BCUT2D eigenvalue weighted by Gasteiger charge is -2.10. The van der Waals surface area contributed by atoms with E-state index in [4.69, 9.17) is 33.7 Å². The van der Waals surface area contributed by atoms with Crippen molar-refractivity contribution < 1.29 is 0 Å². The lowest BCUT2D eigenvalue weighted by Crippen LogP contribution is -2.02. The fourth-order valence-electron chi connectivity index (χ4n) is 1.71. The molecule has 0 unspecified atom stereocenters. The van der Waals surface area contributed by atoms with Crippen LogP contribution in [0.3, 0.4) is 0 Å². The Labute approximate surface area is 127 Å². The molecule has 0 aliphatic heterocycles. The zero-order valence-corrected chi connectivity index (χ0v) is 11.8. The third kappa shape index (κ3) is 3.22. The molecule has 0 fully saturated rings. The third-order valence-corrected chi connectivity index (χ3v) is 3.34. The Morgan fingerprint density at radius 2 is 1.80 bits per heavy atom. The molecule has 0 bridgehead atoms. The fraction of sp³-hybridized carbons (Fsp3) is 0.0667. The summed E-state index contributed by atoms with van der Waals surface area (Å²) in [6.45, 7) is 0.444. The highest BCUT2D eigenvalue weighted by Crippen LogP contribution is 2.23. The number of nitrogens with zero attached hydrogens (tertiary/aromatic N) is 2. The third-order valence-electron chi connectivity index (χ3n) is 2.75. The molecular weight excluding hydrogens is 293 g/mol. The van der Waals surface area contributed by atoms with Gasteiger partial charge < -0.3 is 5.32 Å². The maximum atomic E-state index is 9.03. The predicted octanol–water partition coefficient (Wildman–Crippen LogP) is 4.35. The molecule has 0 atom stereocenters. The number of anilines is 1. The molecule has 98 valence electrons. The number of nitriles is 2. The van der Waals surface area contributed by atoms with Gasteiger partial charge in [0.05, 0.1) is 22.9 Å². The van der Waals surface area contributed by atoms with E-state index in [9.17, 15) is 0 Å². The van der Waals surface area contributed by atoms with Gasteiger partial charge in [-0.1, -0.05) is 29.3 Å². The molecule has 0 amide bonds. The van der Waals surface area contributed by atoms with Crippen LogP contribution in [0.1, 0.15) is 16.7 Å². The minimum atomic E-state index is 0.444. The maximum Gasteiger partial charge on any atom is 0.101 e. The van der Waals surface area contributed by atoms with E-state index in [0.29, 0.717) is 33.4 Å². The summed E-state index contributed by atoms with van der Waals surface area (Å²) in [7, 11) is 0. The Morgan fingerprint density at radius 1 is 1.00 bits per heavy atom. The largest absolute Gasteiger partial charge is 0.380 e. The number of benzene rings is 2. The average Bonchev–Trinajstić information content (AvgIpc) is 2.46. The van der Waals surface area contributed by atoms with Gasteiger partial charge in [0, 0.05) is 16.6 Å². The minimum absolute atomic E-state index is 0.444. The fourth-order valence-corrected chi connectivity index (χ4v) is 2.13. The molecule has 0 saturated carbocycles. The quantitative estimate of drug-likeness (QED) is 0.917. The Bertz CT molecular complexity index is 727. The molecule has 1 N–H and O–H groups in total. The van der Waals surface area contributed by atoms with Crippen molar-refractivity contribution in [2.75, 3.05) is 5.32 Å². The first kappa shape index (κ1) is 14.2. The normalized spacial score (nSPS) is 9.60. The molecule has 0 aromatic heterocycles. The molecular formula is C15H9Cl2N3. The molecule has 0 saturated heterocycles. The molecule has 0 aliphatic carbocycles. The van der Waals surface area contributed by atoms with Crippen LogP contribution in [0.2, 0.25) is 10.0 Å². The van der Waals surface area contributed by atoms with Gasteiger partial charge >= 0.3 is 0 Å². The monoisotopic (exact) mass is 301 g/mol. The van der Waals surface area contributed by atoms with Crippen LogP contribution in [0.15, 0.2) is 36.4 Å². The van der Waals surface area contributed by atoms with Crippen molar-refractivity contribution in [2.24, 2.45) is 0 Å². The van der Waals surface area contributed by atoms with Crippen LogP contribution >= 0.6 is 23.2 Å². The molecule has 5 heteroatoms. The zero-order chi connectivity index (χ0) is 14.5. The van der Waals surface area contributed by atoms with E-state index < -0.39 is 0 Å². The van der Waals surface area contributed by atoms with Crippen LogP contribution in [-0.4, -0.2) is 0 Å². The summed E-state index contributed by atoms with van der Waals surface area (Å²) >= 11 is 12.0. The maximum absolute atomic E-state index is 9.03. The van der Waals surface area contributed by atoms with Gasteiger partial charge in [0.2, 0.25) is 0 Å². The van der Waals surface area contributed by atoms with Gasteiger partial charge in [0.25, 0.3) is 0 Å². The van der Waals surface area contributed by atoms with E-state index in [2.05, 4.69) is 11.4 Å². The van der Waals surface area contributed by atoms with Crippen molar-refractivity contribution in [3.05, 3.63) is 63.1 Å². The van der Waals surface area contributed by atoms with Gasteiger partial charge in [0.15, 0.2) is 0 Å². The summed E-state index contributed by atoms with van der Waals surface area (Å²) in [5.41, 5.74) is 2.52. The van der Waals surface area contributed by atoms with Crippen molar-refractivity contribution in [3.8, 4) is 12.1 Å². The van der Waals surface area contributed by atoms with Crippen molar-refractivity contribution in [1.29, 1.82) is 10.5 Å². The van der Waals surface area contributed by atoms with Crippen LogP contribution in [0.5, 0.6) is 0 Å². The van der Waals surface area contributed by atoms with E-state index in [-0.39, 0.29) is 0 Å². The first-order chi connectivity index (χ1) is 9.63. The van der Waals surface area contributed by atoms with Gasteiger partial charge in [-0.2, -0.15) is 10.5 Å². The molecule has 2 rings (SSSR count). The molecule has 3 nitrogen and oxygen atoms in total. The molecule has 2 aromatic rings. The second kappa shape index (κ2) is 6.30. The highest BCUT2D eigenvalue weighted by atomic mass is 35.5. The number of hydrogen-bond donors (Lipinski definition) is 1. The van der Waals surface area contributed by atoms with Crippen molar-refractivity contribution >= 4 is 28.9 Å². The van der Waals surface area contributed by atoms with E-state index in [1.807, 2.05) is 6.07 Å². The van der Waals surface area contributed by atoms with Crippen molar-refractivity contribution in [3.63, 3.8) is 0 Å². The van der Waals surface area contributed by atoms with E-state index in [0.717, 1.165) is 5.56 Å². The molecule has 20 heavy (non-hydrogen) atoms. The Balaban J connectivity index is 2.19. The van der Waals surface area contributed by atoms with E-state index in [1.165, 1.54) is 0 Å². The van der Waals surface area contributed by atoms with Crippen LogP contribution < -0.4 is 5.32 Å². The van der Waals surface area contributed by atoms with Gasteiger partial charge in [-0.25, -0.2) is 0 Å². The molecule has 0 heterocycles. The van der Waals surface area contributed by atoms with Crippen LogP contribution in [0.4, 0.5) is 5.69 Å². The summed E-state index contributed by atoms with van der Waals surface area (Å²) in [5.74, 6) is 0. The lowest BCUT2D eigenvalue weighted by atomic mass is 10.1. The van der Waals surface area contributed by atoms with Gasteiger partial charge in [-0.15, -0.1) is 0 Å². The highest BCUT2D eigenvalue weighted by molar-refractivity contribution is 6.31. The lowest BCUT2D eigenvalue weighted by molar-refractivity contribution is 1.14. The zero-order valence-electron chi connectivity index (χ0n) is 10.3. The standard InChI is InChI=1S/C15H9Cl2N3/c16-13-4-3-11(8-19)15(6-13)20-9-12-2-1-10(7-18)5-14(12)17/h1-6,20H,9H2. The first-order valence-corrected chi connectivity index (χ1v) is 6.51. The smallest absolute Gasteiger partial charge is 0.101 e. The van der Waals surface area contributed by atoms with Gasteiger partial charge in [0.1, 0.15) is 6.07 Å². The first-order valence-electron chi connectivity index (χ1n) is 5.76. The second-order valence-corrected chi connectivity index (χ2v) is 4.92. The van der Waals surface area contributed by atoms with E-state index >= 15 is 0 Å². The van der Waals surface area contributed by atoms with E-state index in [1.54, 1.807) is 36.4 Å².